The van der Waals surface area contributed by atoms with Gasteiger partial charge >= 0.3 is 5.97 Å². The second-order valence-electron chi connectivity index (χ2n) is 5.84. The zero-order valence-electron chi connectivity index (χ0n) is 13.1. The molecule has 112 valence electrons. The SMILES string of the molecule is COC(=O)CCOc1c(C)cccc1CNC(C)(C)C. The van der Waals surface area contributed by atoms with E-state index >= 15 is 0 Å². The molecule has 0 fully saturated rings. The number of hydrogen-bond acceptors (Lipinski definition) is 4. The minimum absolute atomic E-state index is 0.0486. The summed E-state index contributed by atoms with van der Waals surface area (Å²) in [5.41, 5.74) is 2.22. The number of ether oxygens (including phenoxy) is 2. The van der Waals surface area contributed by atoms with Gasteiger partial charge in [-0.15, -0.1) is 0 Å². The van der Waals surface area contributed by atoms with Crippen LogP contribution < -0.4 is 10.1 Å². The van der Waals surface area contributed by atoms with Crippen LogP contribution >= 0.6 is 0 Å². The van der Waals surface area contributed by atoms with E-state index in [2.05, 4.69) is 30.8 Å². The molecule has 0 atom stereocenters. The molecule has 0 aliphatic carbocycles. The fourth-order valence-corrected chi connectivity index (χ4v) is 1.76. The van der Waals surface area contributed by atoms with Gasteiger partial charge in [-0.05, 0) is 33.3 Å². The Kier molecular flexibility index (Phi) is 6.02. The normalized spacial score (nSPS) is 11.2. The van der Waals surface area contributed by atoms with Gasteiger partial charge < -0.3 is 14.8 Å². The van der Waals surface area contributed by atoms with Crippen molar-refractivity contribution >= 4 is 5.97 Å². The third-order valence-corrected chi connectivity index (χ3v) is 2.88. The molecule has 0 saturated heterocycles. The van der Waals surface area contributed by atoms with Crippen molar-refractivity contribution in [3.8, 4) is 5.75 Å². The second kappa shape index (κ2) is 7.29. The van der Waals surface area contributed by atoms with Crippen LogP contribution in [0.4, 0.5) is 0 Å². The molecular weight excluding hydrogens is 254 g/mol. The van der Waals surface area contributed by atoms with Gasteiger partial charge in [0.15, 0.2) is 0 Å². The van der Waals surface area contributed by atoms with Gasteiger partial charge in [-0.2, -0.15) is 0 Å². The molecule has 0 spiro atoms. The van der Waals surface area contributed by atoms with Crippen LogP contribution in [0.15, 0.2) is 18.2 Å². The number of nitrogens with one attached hydrogen (secondary N) is 1. The number of aryl methyl sites for hydroxylation is 1. The van der Waals surface area contributed by atoms with E-state index in [0.717, 1.165) is 23.4 Å². The summed E-state index contributed by atoms with van der Waals surface area (Å²) in [5, 5.41) is 3.44. The lowest BCUT2D eigenvalue weighted by atomic mass is 10.1. The van der Waals surface area contributed by atoms with Gasteiger partial charge in [-0.1, -0.05) is 18.2 Å². The molecule has 20 heavy (non-hydrogen) atoms. The first-order valence-electron chi connectivity index (χ1n) is 6.86. The van der Waals surface area contributed by atoms with E-state index in [-0.39, 0.29) is 17.9 Å². The predicted octanol–water partition coefficient (Wildman–Crippen LogP) is 2.83. The van der Waals surface area contributed by atoms with Gasteiger partial charge in [0.05, 0.1) is 20.1 Å². The van der Waals surface area contributed by atoms with E-state index in [1.807, 2.05) is 25.1 Å². The molecule has 0 bridgehead atoms. The maximum atomic E-state index is 11.1. The largest absolute Gasteiger partial charge is 0.492 e. The number of methoxy groups -OCH3 is 1. The van der Waals surface area contributed by atoms with Crippen LogP contribution in [0.3, 0.4) is 0 Å². The fraction of sp³-hybridized carbons (Fsp3) is 0.562. The fourth-order valence-electron chi connectivity index (χ4n) is 1.76. The summed E-state index contributed by atoms with van der Waals surface area (Å²) in [6.07, 6.45) is 0.261. The third-order valence-electron chi connectivity index (χ3n) is 2.88. The van der Waals surface area contributed by atoms with Crippen LogP contribution in [0.25, 0.3) is 0 Å². The van der Waals surface area contributed by atoms with Crippen molar-refractivity contribution in [1.82, 2.24) is 5.32 Å². The van der Waals surface area contributed by atoms with Crippen LogP contribution in [-0.2, 0) is 16.1 Å². The van der Waals surface area contributed by atoms with Gasteiger partial charge in [0, 0.05) is 17.6 Å². The molecule has 0 heterocycles. The average Bonchev–Trinajstić information content (AvgIpc) is 2.37. The van der Waals surface area contributed by atoms with Crippen LogP contribution in [0, 0.1) is 6.92 Å². The van der Waals surface area contributed by atoms with Crippen molar-refractivity contribution in [2.75, 3.05) is 13.7 Å². The summed E-state index contributed by atoms with van der Waals surface area (Å²) in [5.74, 6) is 0.598. The molecule has 4 nitrogen and oxygen atoms in total. The molecule has 1 aromatic rings. The first-order valence-corrected chi connectivity index (χ1v) is 6.86. The summed E-state index contributed by atoms with van der Waals surface area (Å²) in [6, 6.07) is 6.06. The molecule has 0 amide bonds. The zero-order chi connectivity index (χ0) is 15.2. The number of para-hydroxylation sites is 1. The molecule has 0 radical (unpaired) electrons. The highest BCUT2D eigenvalue weighted by molar-refractivity contribution is 5.69. The quantitative estimate of drug-likeness (QED) is 0.813. The predicted molar refractivity (Wildman–Crippen MR) is 79.9 cm³/mol. The number of esters is 1. The molecule has 0 aliphatic rings. The third kappa shape index (κ3) is 5.61. The van der Waals surface area contributed by atoms with Gasteiger partial charge in [-0.25, -0.2) is 0 Å². The van der Waals surface area contributed by atoms with Gasteiger partial charge in [0.1, 0.15) is 5.75 Å². The van der Waals surface area contributed by atoms with Crippen LogP contribution in [-0.4, -0.2) is 25.2 Å². The minimum atomic E-state index is -0.257. The Morgan fingerprint density at radius 1 is 1.30 bits per heavy atom. The van der Waals surface area contributed by atoms with E-state index in [1.54, 1.807) is 0 Å². The molecule has 1 rings (SSSR count). The lowest BCUT2D eigenvalue weighted by molar-refractivity contribution is -0.141. The van der Waals surface area contributed by atoms with Gasteiger partial charge in [0.2, 0.25) is 0 Å². The van der Waals surface area contributed by atoms with Crippen molar-refractivity contribution in [2.45, 2.75) is 46.2 Å². The van der Waals surface area contributed by atoms with E-state index in [4.69, 9.17) is 4.74 Å². The van der Waals surface area contributed by atoms with E-state index in [9.17, 15) is 4.79 Å². The number of hydrogen-bond donors (Lipinski definition) is 1. The molecular formula is C16H25NO3. The van der Waals surface area contributed by atoms with Gasteiger partial charge in [0.25, 0.3) is 0 Å². The van der Waals surface area contributed by atoms with E-state index in [0.29, 0.717) is 6.61 Å². The monoisotopic (exact) mass is 279 g/mol. The average molecular weight is 279 g/mol. The Bertz CT molecular complexity index is 450. The molecule has 1 aromatic carbocycles. The number of benzene rings is 1. The maximum absolute atomic E-state index is 11.1. The Morgan fingerprint density at radius 2 is 2.00 bits per heavy atom. The Labute approximate surface area is 121 Å². The van der Waals surface area contributed by atoms with Crippen LogP contribution in [0.2, 0.25) is 0 Å². The zero-order valence-corrected chi connectivity index (χ0v) is 13.1. The second-order valence-corrected chi connectivity index (χ2v) is 5.84. The van der Waals surface area contributed by atoms with E-state index < -0.39 is 0 Å². The summed E-state index contributed by atoms with van der Waals surface area (Å²) < 4.78 is 10.4. The molecule has 0 unspecified atom stereocenters. The number of rotatable bonds is 6. The highest BCUT2D eigenvalue weighted by atomic mass is 16.5. The van der Waals surface area contributed by atoms with Gasteiger partial charge in [-0.3, -0.25) is 4.79 Å². The van der Waals surface area contributed by atoms with Crippen LogP contribution in [0.1, 0.15) is 38.3 Å². The Hall–Kier alpha value is -1.55. The number of carbonyl (C=O) groups excluding carboxylic acids is 1. The first-order chi connectivity index (χ1) is 9.33. The smallest absolute Gasteiger partial charge is 0.308 e. The maximum Gasteiger partial charge on any atom is 0.308 e. The minimum Gasteiger partial charge on any atom is -0.492 e. The summed E-state index contributed by atoms with van der Waals surface area (Å²) in [7, 11) is 1.38. The van der Waals surface area contributed by atoms with Crippen molar-refractivity contribution < 1.29 is 14.3 Å². The van der Waals surface area contributed by atoms with Crippen molar-refractivity contribution in [1.29, 1.82) is 0 Å². The standard InChI is InChI=1S/C16H25NO3/c1-12-7-6-8-13(11-17-16(2,3)4)15(12)20-10-9-14(18)19-5/h6-8,17H,9-11H2,1-5H3. The highest BCUT2D eigenvalue weighted by Gasteiger charge is 2.12. The van der Waals surface area contributed by atoms with Crippen molar-refractivity contribution in [3.63, 3.8) is 0 Å². The summed E-state index contributed by atoms with van der Waals surface area (Å²) in [6.45, 7) is 9.45. The first kappa shape index (κ1) is 16.5. The summed E-state index contributed by atoms with van der Waals surface area (Å²) in [4.78, 5) is 11.1. The lowest BCUT2D eigenvalue weighted by Gasteiger charge is -2.22. The molecule has 0 aliphatic heterocycles. The molecule has 0 saturated carbocycles. The van der Waals surface area contributed by atoms with Crippen LogP contribution in [0.5, 0.6) is 5.75 Å². The Morgan fingerprint density at radius 3 is 2.60 bits per heavy atom. The molecule has 4 heteroatoms. The van der Waals surface area contributed by atoms with Crippen molar-refractivity contribution in [2.24, 2.45) is 0 Å². The van der Waals surface area contributed by atoms with Crippen molar-refractivity contribution in [3.05, 3.63) is 29.3 Å². The highest BCUT2D eigenvalue weighted by Crippen LogP contribution is 2.24. The summed E-state index contributed by atoms with van der Waals surface area (Å²) >= 11 is 0. The molecule has 0 aromatic heterocycles. The number of carbonyl (C=O) groups is 1. The molecule has 1 N–H and O–H groups in total. The lowest BCUT2D eigenvalue weighted by Crippen LogP contribution is -2.35. The van der Waals surface area contributed by atoms with E-state index in [1.165, 1.54) is 7.11 Å². The Balaban J connectivity index is 2.70. The topological polar surface area (TPSA) is 47.6 Å².